The van der Waals surface area contributed by atoms with Crippen LogP contribution in [0.25, 0.3) is 0 Å². The van der Waals surface area contributed by atoms with E-state index in [0.717, 1.165) is 0 Å². The van der Waals surface area contributed by atoms with Crippen LogP contribution in [0.3, 0.4) is 0 Å². The van der Waals surface area contributed by atoms with Gasteiger partial charge >= 0.3 is 53.0 Å². The minimum atomic E-state index is -5.11. The maximum absolute atomic E-state index is 9.91. The molecule has 56 valence electrons. The molecule has 0 fully saturated rings. The van der Waals surface area contributed by atoms with Crippen molar-refractivity contribution in [2.75, 3.05) is 4.95 Å². The molecule has 0 spiro atoms. The van der Waals surface area contributed by atoms with Gasteiger partial charge in [-0.25, -0.2) is 0 Å². The zero-order valence-electron chi connectivity index (χ0n) is 4.21. The molecule has 0 aliphatic carbocycles. The summed E-state index contributed by atoms with van der Waals surface area (Å²) in [5.74, 6) is 0. The molecule has 9 heavy (non-hydrogen) atoms. The van der Waals surface area contributed by atoms with Crippen LogP contribution in [-0.4, -0.2) is 37.1 Å². The molecule has 0 aromatic carbocycles. The van der Waals surface area contributed by atoms with Crippen LogP contribution in [0, 0.1) is 0 Å². The summed E-state index contributed by atoms with van der Waals surface area (Å²) in [7, 11) is -4.52. The van der Waals surface area contributed by atoms with Crippen LogP contribution in [-0.2, 0) is 8.30 Å². The molecule has 0 rings (SSSR count). The Morgan fingerprint density at radius 2 is 1.67 bits per heavy atom. The standard InChI is InChI=1S/CH6AsO6P/c3-2(4,5)1-9(6,7)8/h1H2,(H2,3,4,5)(H2,6,7,8). The van der Waals surface area contributed by atoms with E-state index in [1.165, 1.54) is 0 Å². The molecule has 0 unspecified atom stereocenters. The molecule has 0 amide bonds. The first-order chi connectivity index (χ1) is 3.71. The summed E-state index contributed by atoms with van der Waals surface area (Å²) in [5.41, 5.74) is 0. The van der Waals surface area contributed by atoms with E-state index in [1.54, 1.807) is 0 Å². The first-order valence-electron chi connectivity index (χ1n) is 1.80. The van der Waals surface area contributed by atoms with E-state index in [4.69, 9.17) is 18.0 Å². The van der Waals surface area contributed by atoms with Crippen molar-refractivity contribution in [1.82, 2.24) is 0 Å². The quantitative estimate of drug-likeness (QED) is 0.317. The Hall–Kier alpha value is 0.428. The Kier molecular flexibility index (Phi) is 2.70. The van der Waals surface area contributed by atoms with E-state index >= 15 is 0 Å². The third-order valence-electron chi connectivity index (χ3n) is 0.368. The van der Waals surface area contributed by atoms with Gasteiger partial charge in [0.25, 0.3) is 0 Å². The Bertz CT molecular complexity index is 153. The molecule has 0 saturated heterocycles. The predicted octanol–water partition coefficient (Wildman–Crippen LogP) is -1.94. The van der Waals surface area contributed by atoms with E-state index in [2.05, 4.69) is 0 Å². The van der Waals surface area contributed by atoms with E-state index in [9.17, 15) is 8.30 Å². The Balaban J connectivity index is 4.07. The summed E-state index contributed by atoms with van der Waals surface area (Å²) < 4.78 is 35.8. The van der Waals surface area contributed by atoms with Gasteiger partial charge < -0.3 is 0 Å². The van der Waals surface area contributed by atoms with E-state index in [0.29, 0.717) is 0 Å². The molecular formula is CH6AsO6P. The van der Waals surface area contributed by atoms with Gasteiger partial charge in [-0.05, 0) is 0 Å². The summed E-state index contributed by atoms with van der Waals surface area (Å²) >= 11 is -5.11. The van der Waals surface area contributed by atoms with Gasteiger partial charge in [0.2, 0.25) is 0 Å². The Morgan fingerprint density at radius 1 is 1.33 bits per heavy atom. The van der Waals surface area contributed by atoms with Gasteiger partial charge in [0.1, 0.15) is 0 Å². The maximum atomic E-state index is 9.91. The molecule has 0 bridgehead atoms. The van der Waals surface area contributed by atoms with Crippen LogP contribution in [0.5, 0.6) is 0 Å². The van der Waals surface area contributed by atoms with Crippen LogP contribution in [0.1, 0.15) is 0 Å². The van der Waals surface area contributed by atoms with Gasteiger partial charge in [0.15, 0.2) is 0 Å². The Labute approximate surface area is 53.7 Å². The van der Waals surface area contributed by atoms with E-state index in [1.807, 2.05) is 0 Å². The Morgan fingerprint density at radius 3 is 1.67 bits per heavy atom. The molecule has 0 aromatic heterocycles. The average Bonchev–Trinajstić information content (AvgIpc) is 1.14. The first kappa shape index (κ1) is 9.43. The summed E-state index contributed by atoms with van der Waals surface area (Å²) in [6, 6.07) is 0. The predicted molar refractivity (Wildman–Crippen MR) is 27.8 cm³/mol. The van der Waals surface area contributed by atoms with Crippen molar-refractivity contribution in [2.24, 2.45) is 0 Å². The van der Waals surface area contributed by atoms with Gasteiger partial charge in [-0.3, -0.25) is 0 Å². The molecule has 0 aliphatic rings. The molecule has 0 heterocycles. The van der Waals surface area contributed by atoms with Crippen molar-refractivity contribution in [3.63, 3.8) is 0 Å². The van der Waals surface area contributed by atoms with Crippen molar-refractivity contribution < 1.29 is 26.3 Å². The van der Waals surface area contributed by atoms with Crippen LogP contribution >= 0.6 is 7.60 Å². The average molecular weight is 220 g/mol. The van der Waals surface area contributed by atoms with Gasteiger partial charge in [0.05, 0.1) is 0 Å². The second-order valence-corrected chi connectivity index (χ2v) is 7.65. The minimum absolute atomic E-state index is 1.31. The second-order valence-electron chi connectivity index (χ2n) is 1.47. The normalized spacial score (nSPS) is 13.8. The SMILES string of the molecule is O=P(O)(O)C[As](=O)(O)O. The monoisotopic (exact) mass is 220 g/mol. The fourth-order valence-corrected chi connectivity index (χ4v) is 3.74. The summed E-state index contributed by atoms with van der Waals surface area (Å²) in [5, 5.41) is 0. The van der Waals surface area contributed by atoms with Crippen molar-refractivity contribution in [3.05, 3.63) is 0 Å². The van der Waals surface area contributed by atoms with Crippen LogP contribution in [0.2, 0.25) is 0 Å². The van der Waals surface area contributed by atoms with Gasteiger partial charge in [-0.15, -0.1) is 0 Å². The van der Waals surface area contributed by atoms with E-state index < -0.39 is 26.7 Å². The van der Waals surface area contributed by atoms with Crippen LogP contribution in [0.15, 0.2) is 0 Å². The fourth-order valence-electron chi connectivity index (χ4n) is 0.240. The molecule has 6 nitrogen and oxygen atoms in total. The van der Waals surface area contributed by atoms with Crippen molar-refractivity contribution in [3.8, 4) is 0 Å². The summed E-state index contributed by atoms with van der Waals surface area (Å²) in [6.07, 6.45) is 0. The molecule has 0 saturated carbocycles. The topological polar surface area (TPSA) is 115 Å². The van der Waals surface area contributed by atoms with Gasteiger partial charge in [0, 0.05) is 0 Å². The molecule has 0 atom stereocenters. The third-order valence-corrected chi connectivity index (χ3v) is 5.74. The molecule has 0 aromatic rings. The van der Waals surface area contributed by atoms with Gasteiger partial charge in [-0.2, -0.15) is 0 Å². The number of hydrogen-bond donors (Lipinski definition) is 4. The van der Waals surface area contributed by atoms with Crippen LogP contribution < -0.4 is 0 Å². The van der Waals surface area contributed by atoms with Crippen molar-refractivity contribution in [2.45, 2.75) is 0 Å². The van der Waals surface area contributed by atoms with Gasteiger partial charge in [-0.1, -0.05) is 0 Å². The molecular weight excluding hydrogens is 214 g/mol. The first-order valence-corrected chi connectivity index (χ1v) is 7.37. The molecule has 0 radical (unpaired) electrons. The van der Waals surface area contributed by atoms with E-state index in [-0.39, 0.29) is 0 Å². The van der Waals surface area contributed by atoms with Crippen LogP contribution in [0.4, 0.5) is 0 Å². The summed E-state index contributed by atoms with van der Waals surface area (Å²) in [4.78, 5) is 14.7. The number of hydrogen-bond acceptors (Lipinski definition) is 2. The molecule has 0 aliphatic heterocycles. The summed E-state index contributed by atoms with van der Waals surface area (Å²) in [6.45, 7) is 0. The zero-order chi connectivity index (χ0) is 7.71. The van der Waals surface area contributed by atoms with Crippen molar-refractivity contribution >= 4 is 21.8 Å². The van der Waals surface area contributed by atoms with Crippen molar-refractivity contribution in [1.29, 1.82) is 0 Å². The third kappa shape index (κ3) is 8.43. The second kappa shape index (κ2) is 2.58. The molecule has 4 N–H and O–H groups in total. The zero-order valence-corrected chi connectivity index (χ0v) is 6.98. The molecule has 8 heteroatoms. The number of rotatable bonds is 2. The fraction of sp³-hybridized carbons (Fsp3) is 1.00.